The van der Waals surface area contributed by atoms with Crippen LogP contribution in [0, 0.1) is 23.5 Å². The summed E-state index contributed by atoms with van der Waals surface area (Å²) in [5, 5.41) is 18.5. The van der Waals surface area contributed by atoms with E-state index in [1.165, 1.54) is 55.3 Å². The van der Waals surface area contributed by atoms with Crippen molar-refractivity contribution in [3.05, 3.63) is 64.6 Å². The number of piperidine rings is 1. The van der Waals surface area contributed by atoms with Crippen molar-refractivity contribution in [2.75, 3.05) is 32.1 Å². The lowest BCUT2D eigenvalue weighted by atomic mass is 10.1. The summed E-state index contributed by atoms with van der Waals surface area (Å²) >= 11 is 6.40. The molecule has 6 rings (SSSR count). The van der Waals surface area contributed by atoms with Gasteiger partial charge in [0, 0.05) is 55.8 Å². The Morgan fingerprint density at radius 2 is 1.86 bits per heavy atom. The van der Waals surface area contributed by atoms with E-state index in [0.717, 1.165) is 0 Å². The Kier molecular flexibility index (Phi) is 7.57. The molecular weight excluding hydrogens is 586 g/mol. The zero-order valence-corrected chi connectivity index (χ0v) is 24.0. The van der Waals surface area contributed by atoms with Crippen LogP contribution < -0.4 is 20.7 Å². The number of carbonyl (C=O) groups excluding carboxylic acids is 3. The minimum Gasteiger partial charge on any atom is -0.494 e. The molecule has 4 N–H and O–H groups in total. The molecule has 3 fully saturated rings. The first-order valence-electron chi connectivity index (χ1n) is 13.7. The van der Waals surface area contributed by atoms with Crippen molar-refractivity contribution in [1.29, 1.82) is 0 Å². The maximum Gasteiger partial charge on any atom is 0.291 e. The SMILES string of the molecule is COc1ccc(-c2cnc(C(=O)Nc3ccc(C(=O)N[C@H]4[C@@H]5CN(C(=O)[C@@H]6C[C@@H](O)CN6)C[C@@H]54)c(Cl)c3)n2C)c(F)c1F. The van der Waals surface area contributed by atoms with E-state index in [0.29, 0.717) is 31.7 Å². The third-order valence-corrected chi connectivity index (χ3v) is 8.73. The number of aromatic nitrogens is 2. The normalized spacial score (nSPS) is 24.0. The van der Waals surface area contributed by atoms with E-state index >= 15 is 0 Å². The smallest absolute Gasteiger partial charge is 0.291 e. The molecule has 2 saturated heterocycles. The number of imidazole rings is 1. The zero-order chi connectivity index (χ0) is 30.6. The van der Waals surface area contributed by atoms with Crippen molar-refractivity contribution >= 4 is 35.0 Å². The number of halogens is 3. The second-order valence-electron chi connectivity index (χ2n) is 11.0. The van der Waals surface area contributed by atoms with Gasteiger partial charge in [-0.15, -0.1) is 0 Å². The lowest BCUT2D eigenvalue weighted by Crippen LogP contribution is -2.45. The number of β-amino-alcohol motifs (C(OH)–C–C–N with tert-alkyl or cyclic N) is 1. The van der Waals surface area contributed by atoms with Crippen LogP contribution in [0.4, 0.5) is 14.5 Å². The summed E-state index contributed by atoms with van der Waals surface area (Å²) in [5.41, 5.74) is 0.634. The van der Waals surface area contributed by atoms with Gasteiger partial charge < -0.3 is 35.3 Å². The molecule has 14 heteroatoms. The molecule has 5 atom stereocenters. The van der Waals surface area contributed by atoms with Crippen LogP contribution in [0.1, 0.15) is 27.4 Å². The van der Waals surface area contributed by atoms with Crippen LogP contribution in [0.2, 0.25) is 5.02 Å². The molecule has 3 aliphatic rings. The summed E-state index contributed by atoms with van der Waals surface area (Å²) in [6.07, 6.45) is 1.17. The van der Waals surface area contributed by atoms with E-state index in [1.807, 2.05) is 0 Å². The third-order valence-electron chi connectivity index (χ3n) is 8.41. The van der Waals surface area contributed by atoms with Crippen LogP contribution in [0.25, 0.3) is 11.3 Å². The fourth-order valence-electron chi connectivity index (χ4n) is 6.00. The number of nitrogens with zero attached hydrogens (tertiary/aromatic N) is 3. The highest BCUT2D eigenvalue weighted by Crippen LogP contribution is 2.46. The number of rotatable bonds is 7. The number of hydrogen-bond acceptors (Lipinski definition) is 7. The Morgan fingerprint density at radius 1 is 1.12 bits per heavy atom. The summed E-state index contributed by atoms with van der Waals surface area (Å²) in [7, 11) is 2.73. The molecule has 11 nitrogen and oxygen atoms in total. The maximum atomic E-state index is 14.6. The Bertz CT molecular complexity index is 1620. The van der Waals surface area contributed by atoms with Gasteiger partial charge in [-0.05, 0) is 36.8 Å². The molecule has 3 amide bonds. The number of benzene rings is 2. The summed E-state index contributed by atoms with van der Waals surface area (Å²) in [6, 6.07) is 6.66. The number of ether oxygens (including phenoxy) is 1. The van der Waals surface area contributed by atoms with Crippen LogP contribution in [-0.4, -0.2) is 82.2 Å². The van der Waals surface area contributed by atoms with Crippen LogP contribution in [0.3, 0.4) is 0 Å². The third kappa shape index (κ3) is 5.32. The first kappa shape index (κ1) is 29.0. The molecular formula is C29H29ClF2N6O5. The quantitative estimate of drug-likeness (QED) is 0.320. The average molecular weight is 615 g/mol. The number of fused-ring (bicyclic) bond motifs is 1. The lowest BCUT2D eigenvalue weighted by molar-refractivity contribution is -0.132. The number of anilines is 1. The number of likely N-dealkylation sites (tertiary alicyclic amines) is 1. The van der Waals surface area contributed by atoms with Crippen LogP contribution >= 0.6 is 11.6 Å². The average Bonchev–Trinajstić information content (AvgIpc) is 3.40. The standard InChI is InChI=1S/C29H29ClF2N6O5/c1-37-21(16-5-6-22(43-2)24(32)23(16)31)10-34-26(37)28(41)35-13-3-4-15(19(30)7-13)27(40)36-25-17-11-38(12-18(17)25)29(42)20-8-14(39)9-33-20/h3-7,10,14,17-18,20,25,33,39H,8-9,11-12H2,1-2H3,(H,35,41)(H,36,40)/t14-,17-,18+,20+,25+/m1/s1. The second-order valence-corrected chi connectivity index (χ2v) is 11.4. The topological polar surface area (TPSA) is 138 Å². The summed E-state index contributed by atoms with van der Waals surface area (Å²) in [5.74, 6) is -3.23. The van der Waals surface area contributed by atoms with E-state index in [4.69, 9.17) is 16.3 Å². The van der Waals surface area contributed by atoms with E-state index in [2.05, 4.69) is 20.9 Å². The number of hydrogen-bond donors (Lipinski definition) is 4. The number of amides is 3. The van der Waals surface area contributed by atoms with Crippen molar-refractivity contribution in [3.63, 3.8) is 0 Å². The summed E-state index contributed by atoms with van der Waals surface area (Å²) < 4.78 is 35.0. The van der Waals surface area contributed by atoms with Gasteiger partial charge in [-0.25, -0.2) is 9.37 Å². The van der Waals surface area contributed by atoms with Gasteiger partial charge in [-0.1, -0.05) is 11.6 Å². The van der Waals surface area contributed by atoms with Crippen molar-refractivity contribution in [2.24, 2.45) is 18.9 Å². The van der Waals surface area contributed by atoms with E-state index in [1.54, 1.807) is 4.90 Å². The van der Waals surface area contributed by atoms with Crippen LogP contribution in [-0.2, 0) is 11.8 Å². The van der Waals surface area contributed by atoms with Crippen LogP contribution in [0.15, 0.2) is 36.5 Å². The van der Waals surface area contributed by atoms with Crippen molar-refractivity contribution in [2.45, 2.75) is 24.6 Å². The highest BCUT2D eigenvalue weighted by atomic mass is 35.5. The predicted octanol–water partition coefficient (Wildman–Crippen LogP) is 2.19. The fourth-order valence-corrected chi connectivity index (χ4v) is 6.26. The fraction of sp³-hybridized carbons (Fsp3) is 0.379. The zero-order valence-electron chi connectivity index (χ0n) is 23.2. The minimum absolute atomic E-state index is 0.0157. The summed E-state index contributed by atoms with van der Waals surface area (Å²) in [6.45, 7) is 1.52. The number of nitrogens with one attached hydrogen (secondary N) is 3. The van der Waals surface area contributed by atoms with Gasteiger partial charge in [0.1, 0.15) is 0 Å². The van der Waals surface area contributed by atoms with Gasteiger partial charge >= 0.3 is 0 Å². The minimum atomic E-state index is -1.15. The molecule has 1 aliphatic carbocycles. The molecule has 3 aromatic rings. The van der Waals surface area contributed by atoms with Gasteiger partial charge in [0.25, 0.3) is 11.8 Å². The highest BCUT2D eigenvalue weighted by molar-refractivity contribution is 6.34. The van der Waals surface area contributed by atoms with Gasteiger partial charge in [0.15, 0.2) is 17.4 Å². The van der Waals surface area contributed by atoms with E-state index < -0.39 is 23.6 Å². The molecule has 2 aliphatic heterocycles. The molecule has 2 aromatic carbocycles. The van der Waals surface area contributed by atoms with E-state index in [9.17, 15) is 28.3 Å². The van der Waals surface area contributed by atoms with Gasteiger partial charge in [-0.3, -0.25) is 14.4 Å². The van der Waals surface area contributed by atoms with Crippen molar-refractivity contribution in [1.82, 2.24) is 25.1 Å². The number of methoxy groups -OCH3 is 1. The second kappa shape index (κ2) is 11.2. The Morgan fingerprint density at radius 3 is 2.51 bits per heavy atom. The van der Waals surface area contributed by atoms with Gasteiger partial charge in [-0.2, -0.15) is 4.39 Å². The predicted molar refractivity (Wildman–Crippen MR) is 152 cm³/mol. The number of carbonyl (C=O) groups is 3. The molecule has 1 saturated carbocycles. The molecule has 226 valence electrons. The van der Waals surface area contributed by atoms with E-state index in [-0.39, 0.29) is 69.2 Å². The first-order chi connectivity index (χ1) is 20.6. The molecule has 0 radical (unpaired) electrons. The monoisotopic (exact) mass is 614 g/mol. The molecule has 0 spiro atoms. The van der Waals surface area contributed by atoms with Crippen LogP contribution in [0.5, 0.6) is 5.75 Å². The Balaban J connectivity index is 1.06. The first-order valence-corrected chi connectivity index (χ1v) is 14.1. The van der Waals surface area contributed by atoms with Crippen molar-refractivity contribution < 1.29 is 33.0 Å². The molecule has 0 bridgehead atoms. The highest BCUT2D eigenvalue weighted by Gasteiger charge is 2.58. The molecule has 1 aromatic heterocycles. The molecule has 43 heavy (non-hydrogen) atoms. The number of aliphatic hydroxyl groups excluding tert-OH is 1. The van der Waals surface area contributed by atoms with Gasteiger partial charge in [0.2, 0.25) is 11.7 Å². The summed E-state index contributed by atoms with van der Waals surface area (Å²) in [4.78, 5) is 44.4. The Labute approximate surface area is 250 Å². The number of aliphatic hydroxyl groups is 1. The largest absolute Gasteiger partial charge is 0.494 e. The van der Waals surface area contributed by atoms with Crippen molar-refractivity contribution in [3.8, 4) is 17.0 Å². The Hall–Kier alpha value is -4.07. The maximum absolute atomic E-state index is 14.6. The molecule has 3 heterocycles. The lowest BCUT2D eigenvalue weighted by Gasteiger charge is -2.23. The van der Waals surface area contributed by atoms with Gasteiger partial charge in [0.05, 0.1) is 41.7 Å². The molecule has 0 unspecified atom stereocenters.